The summed E-state index contributed by atoms with van der Waals surface area (Å²) >= 11 is 0. The van der Waals surface area contributed by atoms with Gasteiger partial charge in [-0.1, -0.05) is 0 Å². The number of rotatable bonds is 8. The summed E-state index contributed by atoms with van der Waals surface area (Å²) in [5.74, 6) is 0.274. The number of carbonyl (C=O) groups excluding carboxylic acids is 1. The molecule has 6 heteroatoms. The van der Waals surface area contributed by atoms with Gasteiger partial charge in [0.2, 0.25) is 5.91 Å². The van der Waals surface area contributed by atoms with Crippen LogP contribution in [0.25, 0.3) is 0 Å². The zero-order chi connectivity index (χ0) is 12.6. The molecule has 0 aliphatic carbocycles. The van der Waals surface area contributed by atoms with Crippen LogP contribution in [-0.4, -0.2) is 47.4 Å². The van der Waals surface area contributed by atoms with E-state index in [0.29, 0.717) is 25.3 Å². The number of hydrogen-bond acceptors (Lipinski definition) is 4. The zero-order valence-corrected chi connectivity index (χ0v) is 11.0. The van der Waals surface area contributed by atoms with Gasteiger partial charge < -0.3 is 15.8 Å². The van der Waals surface area contributed by atoms with Crippen LogP contribution in [0.4, 0.5) is 0 Å². The largest absolute Gasteiger partial charge is 0.383 e. The summed E-state index contributed by atoms with van der Waals surface area (Å²) < 4.78 is 16.5. The summed E-state index contributed by atoms with van der Waals surface area (Å²) in [6.07, 6.45) is 0.669. The average Bonchev–Trinajstić information content (AvgIpc) is 2.24. The van der Waals surface area contributed by atoms with Gasteiger partial charge in [-0.15, -0.1) is 0 Å². The quantitative estimate of drug-likeness (QED) is 0.576. The van der Waals surface area contributed by atoms with Gasteiger partial charge in [0.15, 0.2) is 0 Å². The molecular weight excluding hydrogens is 228 g/mol. The Labute approximate surface area is 99.6 Å². The van der Waals surface area contributed by atoms with Crippen LogP contribution in [-0.2, 0) is 20.3 Å². The number of ether oxygens (including phenoxy) is 1. The number of nitrogens with one attached hydrogen (secondary N) is 1. The first-order chi connectivity index (χ1) is 7.49. The molecule has 0 saturated heterocycles. The Morgan fingerprint density at radius 3 is 2.62 bits per heavy atom. The lowest BCUT2D eigenvalue weighted by Gasteiger charge is -2.12. The van der Waals surface area contributed by atoms with Crippen LogP contribution in [0.1, 0.15) is 20.3 Å². The third-order valence-electron chi connectivity index (χ3n) is 2.14. The Morgan fingerprint density at radius 1 is 1.50 bits per heavy atom. The minimum atomic E-state index is -1.15. The summed E-state index contributed by atoms with van der Waals surface area (Å²) in [6.45, 7) is 4.44. The van der Waals surface area contributed by atoms with E-state index in [1.807, 2.05) is 6.92 Å². The first-order valence-corrected chi connectivity index (χ1v) is 6.76. The Balaban J connectivity index is 3.87. The van der Waals surface area contributed by atoms with Crippen LogP contribution in [0.2, 0.25) is 0 Å². The molecule has 0 aromatic heterocycles. The SMILES string of the molecule is COCCNC(=O)C(C)S(=O)CCC(C)N. The lowest BCUT2D eigenvalue weighted by Crippen LogP contribution is -2.38. The molecule has 0 aromatic rings. The molecule has 0 aliphatic heterocycles. The van der Waals surface area contributed by atoms with Crippen molar-refractivity contribution >= 4 is 16.7 Å². The molecule has 3 unspecified atom stereocenters. The first-order valence-electron chi connectivity index (χ1n) is 5.38. The minimum absolute atomic E-state index is 0.0210. The molecular formula is C10H22N2O3S. The van der Waals surface area contributed by atoms with Crippen molar-refractivity contribution in [3.8, 4) is 0 Å². The van der Waals surface area contributed by atoms with Crippen molar-refractivity contribution in [1.29, 1.82) is 0 Å². The fourth-order valence-corrected chi connectivity index (χ4v) is 2.30. The molecule has 0 spiro atoms. The van der Waals surface area contributed by atoms with E-state index < -0.39 is 16.0 Å². The molecule has 0 rings (SSSR count). The molecule has 0 aromatic carbocycles. The molecule has 0 heterocycles. The highest BCUT2D eigenvalue weighted by Gasteiger charge is 2.19. The first kappa shape index (κ1) is 15.5. The van der Waals surface area contributed by atoms with Gasteiger partial charge in [0, 0.05) is 36.2 Å². The summed E-state index contributed by atoms with van der Waals surface area (Å²) in [6, 6.07) is 0.0210. The van der Waals surface area contributed by atoms with Gasteiger partial charge in [-0.05, 0) is 20.3 Å². The summed E-state index contributed by atoms with van der Waals surface area (Å²) in [4.78, 5) is 11.5. The fourth-order valence-electron chi connectivity index (χ4n) is 1.02. The van der Waals surface area contributed by atoms with Crippen LogP contribution < -0.4 is 11.1 Å². The second kappa shape index (κ2) is 8.66. The summed E-state index contributed by atoms with van der Waals surface area (Å²) in [7, 11) is 0.412. The second-order valence-electron chi connectivity index (χ2n) is 3.78. The molecule has 0 radical (unpaired) electrons. The summed E-state index contributed by atoms with van der Waals surface area (Å²) in [5.41, 5.74) is 5.56. The van der Waals surface area contributed by atoms with Gasteiger partial charge in [-0.25, -0.2) is 0 Å². The minimum Gasteiger partial charge on any atom is -0.383 e. The van der Waals surface area contributed by atoms with Crippen molar-refractivity contribution in [3.63, 3.8) is 0 Å². The van der Waals surface area contributed by atoms with E-state index in [2.05, 4.69) is 5.32 Å². The average molecular weight is 250 g/mol. The highest BCUT2D eigenvalue weighted by molar-refractivity contribution is 7.86. The number of carbonyl (C=O) groups is 1. The zero-order valence-electron chi connectivity index (χ0n) is 10.2. The molecule has 3 atom stereocenters. The van der Waals surface area contributed by atoms with E-state index >= 15 is 0 Å². The molecule has 3 N–H and O–H groups in total. The predicted molar refractivity (Wildman–Crippen MR) is 65.6 cm³/mol. The van der Waals surface area contributed by atoms with Gasteiger partial charge in [0.25, 0.3) is 0 Å². The Kier molecular flexibility index (Phi) is 8.42. The van der Waals surface area contributed by atoms with Gasteiger partial charge in [-0.3, -0.25) is 9.00 Å². The standard InChI is InChI=1S/C10H22N2O3S/c1-8(11)4-7-16(14)9(2)10(13)12-5-6-15-3/h8-9H,4-7,11H2,1-3H3,(H,12,13). The highest BCUT2D eigenvalue weighted by atomic mass is 32.2. The molecule has 0 aliphatic rings. The third kappa shape index (κ3) is 6.92. The van der Waals surface area contributed by atoms with Gasteiger partial charge >= 0.3 is 0 Å². The van der Waals surface area contributed by atoms with Crippen LogP contribution in [0.15, 0.2) is 0 Å². The van der Waals surface area contributed by atoms with Crippen molar-refractivity contribution in [2.45, 2.75) is 31.6 Å². The smallest absolute Gasteiger partial charge is 0.235 e. The van der Waals surface area contributed by atoms with E-state index in [-0.39, 0.29) is 11.9 Å². The maximum absolute atomic E-state index is 11.7. The Hall–Kier alpha value is -0.460. The maximum atomic E-state index is 11.7. The lowest BCUT2D eigenvalue weighted by atomic mass is 10.3. The summed E-state index contributed by atoms with van der Waals surface area (Å²) in [5, 5.41) is 2.17. The van der Waals surface area contributed by atoms with Crippen molar-refractivity contribution in [1.82, 2.24) is 5.32 Å². The molecule has 16 heavy (non-hydrogen) atoms. The lowest BCUT2D eigenvalue weighted by molar-refractivity contribution is -0.120. The Morgan fingerprint density at radius 2 is 2.12 bits per heavy atom. The van der Waals surface area contributed by atoms with E-state index in [4.69, 9.17) is 10.5 Å². The predicted octanol–water partition coefficient (Wildman–Crippen LogP) is -0.376. The second-order valence-corrected chi connectivity index (χ2v) is 5.65. The molecule has 1 amide bonds. The van der Waals surface area contributed by atoms with E-state index in [1.54, 1.807) is 14.0 Å². The van der Waals surface area contributed by atoms with Crippen molar-refractivity contribution < 1.29 is 13.7 Å². The van der Waals surface area contributed by atoms with E-state index in [1.165, 1.54) is 0 Å². The molecule has 96 valence electrons. The molecule has 0 saturated carbocycles. The van der Waals surface area contributed by atoms with Crippen LogP contribution in [0.3, 0.4) is 0 Å². The van der Waals surface area contributed by atoms with E-state index in [9.17, 15) is 9.00 Å². The Bertz CT molecular complexity index is 234. The third-order valence-corrected chi connectivity index (χ3v) is 3.78. The maximum Gasteiger partial charge on any atom is 0.235 e. The van der Waals surface area contributed by atoms with Gasteiger partial charge in [-0.2, -0.15) is 0 Å². The highest BCUT2D eigenvalue weighted by Crippen LogP contribution is 2.00. The monoisotopic (exact) mass is 250 g/mol. The van der Waals surface area contributed by atoms with Gasteiger partial charge in [0.1, 0.15) is 5.25 Å². The van der Waals surface area contributed by atoms with Crippen LogP contribution in [0.5, 0.6) is 0 Å². The topological polar surface area (TPSA) is 81.4 Å². The van der Waals surface area contributed by atoms with Crippen molar-refractivity contribution in [3.05, 3.63) is 0 Å². The van der Waals surface area contributed by atoms with Crippen molar-refractivity contribution in [2.75, 3.05) is 26.0 Å². The number of methoxy groups -OCH3 is 1. The molecule has 5 nitrogen and oxygen atoms in total. The van der Waals surface area contributed by atoms with Crippen LogP contribution in [0, 0.1) is 0 Å². The van der Waals surface area contributed by atoms with E-state index in [0.717, 1.165) is 0 Å². The molecule has 0 fully saturated rings. The number of nitrogens with two attached hydrogens (primary N) is 1. The van der Waals surface area contributed by atoms with Gasteiger partial charge in [0.05, 0.1) is 6.61 Å². The number of hydrogen-bond donors (Lipinski definition) is 2. The van der Waals surface area contributed by atoms with Crippen molar-refractivity contribution in [2.24, 2.45) is 5.73 Å². The number of amides is 1. The van der Waals surface area contributed by atoms with Crippen LogP contribution >= 0.6 is 0 Å². The normalized spacial score (nSPS) is 16.5. The molecule has 0 bridgehead atoms. The fraction of sp³-hybridized carbons (Fsp3) is 0.900.